The Kier molecular flexibility index (Phi) is 4.03. The van der Waals surface area contributed by atoms with Crippen molar-refractivity contribution in [3.05, 3.63) is 60.2 Å². The van der Waals surface area contributed by atoms with Crippen molar-refractivity contribution in [2.45, 2.75) is 13.5 Å². The molecule has 17 heavy (non-hydrogen) atoms. The minimum Gasteiger partial charge on any atom is -0.384 e. The van der Waals surface area contributed by atoms with Gasteiger partial charge in [0.2, 0.25) is 0 Å². The zero-order valence-corrected chi connectivity index (χ0v) is 10.1. The summed E-state index contributed by atoms with van der Waals surface area (Å²) in [5, 5.41) is 6.80. The summed E-state index contributed by atoms with van der Waals surface area (Å²) < 4.78 is 0. The zero-order chi connectivity index (χ0) is 11.9. The summed E-state index contributed by atoms with van der Waals surface area (Å²) in [6.07, 6.45) is 0. The summed E-state index contributed by atoms with van der Waals surface area (Å²) in [6, 6.07) is 18.7. The SMILES string of the molecule is CCNc1ccccc1NCc1ccccc1. The molecule has 0 fully saturated rings. The lowest BCUT2D eigenvalue weighted by Crippen LogP contribution is -2.04. The van der Waals surface area contributed by atoms with Crippen LogP contribution in [0.2, 0.25) is 0 Å². The van der Waals surface area contributed by atoms with Gasteiger partial charge in [0.25, 0.3) is 0 Å². The highest BCUT2D eigenvalue weighted by Crippen LogP contribution is 2.21. The van der Waals surface area contributed by atoms with Crippen LogP contribution in [0.15, 0.2) is 54.6 Å². The van der Waals surface area contributed by atoms with Crippen molar-refractivity contribution in [3.63, 3.8) is 0 Å². The molecule has 0 spiro atoms. The van der Waals surface area contributed by atoms with Crippen molar-refractivity contribution in [2.75, 3.05) is 17.2 Å². The number of rotatable bonds is 5. The van der Waals surface area contributed by atoms with Crippen molar-refractivity contribution < 1.29 is 0 Å². The molecule has 2 rings (SSSR count). The lowest BCUT2D eigenvalue weighted by molar-refractivity contribution is 1.14. The Labute approximate surface area is 103 Å². The second-order valence-corrected chi connectivity index (χ2v) is 3.92. The third kappa shape index (κ3) is 3.25. The minimum absolute atomic E-state index is 0.850. The molecular weight excluding hydrogens is 208 g/mol. The summed E-state index contributed by atoms with van der Waals surface area (Å²) in [5.41, 5.74) is 3.60. The van der Waals surface area contributed by atoms with Gasteiger partial charge in [0.15, 0.2) is 0 Å². The van der Waals surface area contributed by atoms with Crippen LogP contribution in [0, 0.1) is 0 Å². The van der Waals surface area contributed by atoms with Gasteiger partial charge in [0.1, 0.15) is 0 Å². The smallest absolute Gasteiger partial charge is 0.0578 e. The Morgan fingerprint density at radius 2 is 1.35 bits per heavy atom. The van der Waals surface area contributed by atoms with E-state index in [0.717, 1.165) is 24.5 Å². The molecule has 0 aliphatic heterocycles. The van der Waals surface area contributed by atoms with Gasteiger partial charge in [-0.3, -0.25) is 0 Å². The molecule has 0 bridgehead atoms. The van der Waals surface area contributed by atoms with E-state index in [9.17, 15) is 0 Å². The monoisotopic (exact) mass is 226 g/mol. The second kappa shape index (κ2) is 5.94. The van der Waals surface area contributed by atoms with E-state index < -0.39 is 0 Å². The van der Waals surface area contributed by atoms with Crippen molar-refractivity contribution in [3.8, 4) is 0 Å². The maximum Gasteiger partial charge on any atom is 0.0578 e. The molecule has 0 heterocycles. The lowest BCUT2D eigenvalue weighted by Gasteiger charge is -2.12. The van der Waals surface area contributed by atoms with E-state index in [1.807, 2.05) is 18.2 Å². The average molecular weight is 226 g/mol. The first-order chi connectivity index (χ1) is 8.40. The fraction of sp³-hybridized carbons (Fsp3) is 0.200. The third-order valence-electron chi connectivity index (χ3n) is 2.62. The summed E-state index contributed by atoms with van der Waals surface area (Å²) in [7, 11) is 0. The molecule has 0 amide bonds. The fourth-order valence-electron chi connectivity index (χ4n) is 1.78. The number of anilines is 2. The van der Waals surface area contributed by atoms with Crippen molar-refractivity contribution in [1.82, 2.24) is 0 Å². The van der Waals surface area contributed by atoms with Crippen LogP contribution in [0.1, 0.15) is 12.5 Å². The molecule has 0 saturated heterocycles. The van der Waals surface area contributed by atoms with Gasteiger partial charge in [-0.25, -0.2) is 0 Å². The fourth-order valence-corrected chi connectivity index (χ4v) is 1.78. The quantitative estimate of drug-likeness (QED) is 0.811. The molecule has 2 nitrogen and oxygen atoms in total. The molecule has 0 unspecified atom stereocenters. The number of hydrogen-bond acceptors (Lipinski definition) is 2. The lowest BCUT2D eigenvalue weighted by atomic mass is 10.2. The molecule has 0 aliphatic rings. The van der Waals surface area contributed by atoms with Gasteiger partial charge in [-0.2, -0.15) is 0 Å². The highest BCUT2D eigenvalue weighted by atomic mass is 14.9. The molecule has 0 atom stereocenters. The molecule has 2 heteroatoms. The van der Waals surface area contributed by atoms with Crippen LogP contribution in [-0.2, 0) is 6.54 Å². The van der Waals surface area contributed by atoms with Crippen LogP contribution in [0.3, 0.4) is 0 Å². The summed E-state index contributed by atoms with van der Waals surface area (Å²) >= 11 is 0. The van der Waals surface area contributed by atoms with Gasteiger partial charge < -0.3 is 10.6 Å². The number of para-hydroxylation sites is 2. The first-order valence-corrected chi connectivity index (χ1v) is 6.01. The Morgan fingerprint density at radius 1 is 0.765 bits per heavy atom. The van der Waals surface area contributed by atoms with E-state index in [1.54, 1.807) is 0 Å². The predicted molar refractivity (Wildman–Crippen MR) is 74.4 cm³/mol. The molecule has 0 aliphatic carbocycles. The highest BCUT2D eigenvalue weighted by molar-refractivity contribution is 5.68. The van der Waals surface area contributed by atoms with Crippen molar-refractivity contribution >= 4 is 11.4 Å². The molecule has 88 valence electrons. The summed E-state index contributed by atoms with van der Waals surface area (Å²) in [4.78, 5) is 0. The van der Waals surface area contributed by atoms with Crippen LogP contribution in [0.25, 0.3) is 0 Å². The van der Waals surface area contributed by atoms with Gasteiger partial charge in [0, 0.05) is 13.1 Å². The van der Waals surface area contributed by atoms with E-state index in [1.165, 1.54) is 5.56 Å². The van der Waals surface area contributed by atoms with E-state index in [-0.39, 0.29) is 0 Å². The zero-order valence-electron chi connectivity index (χ0n) is 10.1. The van der Waals surface area contributed by atoms with Crippen LogP contribution in [0.5, 0.6) is 0 Å². The van der Waals surface area contributed by atoms with Crippen molar-refractivity contribution in [2.24, 2.45) is 0 Å². The van der Waals surface area contributed by atoms with Crippen LogP contribution < -0.4 is 10.6 Å². The third-order valence-corrected chi connectivity index (χ3v) is 2.62. The maximum absolute atomic E-state index is 3.45. The molecule has 2 aromatic rings. The second-order valence-electron chi connectivity index (χ2n) is 3.92. The topological polar surface area (TPSA) is 24.1 Å². The average Bonchev–Trinajstić information content (AvgIpc) is 2.39. The minimum atomic E-state index is 0.850. The van der Waals surface area contributed by atoms with Crippen LogP contribution in [-0.4, -0.2) is 6.54 Å². The van der Waals surface area contributed by atoms with E-state index >= 15 is 0 Å². The normalized spacial score (nSPS) is 9.94. The van der Waals surface area contributed by atoms with E-state index in [0.29, 0.717) is 0 Å². The maximum atomic E-state index is 3.45. The van der Waals surface area contributed by atoms with Gasteiger partial charge in [0.05, 0.1) is 11.4 Å². The number of hydrogen-bond donors (Lipinski definition) is 2. The van der Waals surface area contributed by atoms with Gasteiger partial charge in [-0.05, 0) is 24.6 Å². The standard InChI is InChI=1S/C15H18N2/c1-2-16-14-10-6-7-11-15(14)17-12-13-8-4-3-5-9-13/h3-11,16-17H,2,12H2,1H3. The molecule has 2 N–H and O–H groups in total. The first-order valence-electron chi connectivity index (χ1n) is 6.01. The Bertz CT molecular complexity index is 451. The Morgan fingerprint density at radius 3 is 2.00 bits per heavy atom. The van der Waals surface area contributed by atoms with Gasteiger partial charge >= 0.3 is 0 Å². The number of nitrogens with one attached hydrogen (secondary N) is 2. The predicted octanol–water partition coefficient (Wildman–Crippen LogP) is 3.73. The Hall–Kier alpha value is -1.96. The largest absolute Gasteiger partial charge is 0.384 e. The van der Waals surface area contributed by atoms with E-state index in [4.69, 9.17) is 0 Å². The number of benzene rings is 2. The molecule has 2 aromatic carbocycles. The molecular formula is C15H18N2. The Balaban J connectivity index is 2.03. The summed E-state index contributed by atoms with van der Waals surface area (Å²) in [6.45, 7) is 3.89. The van der Waals surface area contributed by atoms with Gasteiger partial charge in [-0.15, -0.1) is 0 Å². The highest BCUT2D eigenvalue weighted by Gasteiger charge is 1.99. The van der Waals surface area contributed by atoms with Crippen LogP contribution >= 0.6 is 0 Å². The summed E-state index contributed by atoms with van der Waals surface area (Å²) in [5.74, 6) is 0. The molecule has 0 saturated carbocycles. The van der Waals surface area contributed by atoms with E-state index in [2.05, 4.69) is 54.0 Å². The van der Waals surface area contributed by atoms with Crippen LogP contribution in [0.4, 0.5) is 11.4 Å². The first kappa shape index (κ1) is 11.5. The molecule has 0 aromatic heterocycles. The van der Waals surface area contributed by atoms with Crippen molar-refractivity contribution in [1.29, 1.82) is 0 Å². The molecule has 0 radical (unpaired) electrons. The van der Waals surface area contributed by atoms with Gasteiger partial charge in [-0.1, -0.05) is 42.5 Å².